The lowest BCUT2D eigenvalue weighted by atomic mass is 9.94. The summed E-state index contributed by atoms with van der Waals surface area (Å²) < 4.78 is 11.5. The van der Waals surface area contributed by atoms with Crippen molar-refractivity contribution in [3.63, 3.8) is 0 Å². The van der Waals surface area contributed by atoms with Crippen LogP contribution in [-0.2, 0) is 0 Å². The Morgan fingerprint density at radius 2 is 0.951 bits per heavy atom. The molecule has 0 unspecified atom stereocenters. The minimum absolute atomic E-state index is 0.901. The van der Waals surface area contributed by atoms with Gasteiger partial charge in [-0.25, -0.2) is 4.98 Å². The summed E-state index contributed by atoms with van der Waals surface area (Å²) in [5.41, 5.74) is 14.1. The zero-order chi connectivity index (χ0) is 39.8. The van der Waals surface area contributed by atoms with Crippen LogP contribution >= 0.6 is 0 Å². The molecule has 0 spiro atoms. The zero-order valence-corrected chi connectivity index (χ0v) is 32.8. The molecule has 0 aliphatic rings. The third-order valence-electron chi connectivity index (χ3n) is 13.0. The maximum Gasteiger partial charge on any atom is 0.135 e. The predicted octanol–water partition coefficient (Wildman–Crippen LogP) is 15.4. The van der Waals surface area contributed by atoms with Gasteiger partial charge in [-0.05, 0) is 112 Å². The standard InChI is InChI=1S/C57H33N3O/c1-2-13-41(14-3-1)59-47-17-7-5-15-43(47)45-33-40(25-27-48(45)59)57-44(32-39-10-4-6-16-46(39)58-57)38-21-20-37-31-42(26-22-36(37)30-38)60-49-28-23-34-11-8-18-51-53(34)55(49)56-50(60)29-24-35-12-9-19-52(61-51)54(35)56/h1-33H. The van der Waals surface area contributed by atoms with Crippen LogP contribution in [0.2, 0.25) is 0 Å². The van der Waals surface area contributed by atoms with Gasteiger partial charge in [0.2, 0.25) is 0 Å². The summed E-state index contributed by atoms with van der Waals surface area (Å²) in [6.45, 7) is 0. The molecule has 0 radical (unpaired) electrons. The highest BCUT2D eigenvalue weighted by Crippen LogP contribution is 2.45. The molecule has 0 aliphatic carbocycles. The summed E-state index contributed by atoms with van der Waals surface area (Å²) >= 11 is 0. The molecule has 282 valence electrons. The maximum atomic E-state index is 6.66. The van der Waals surface area contributed by atoms with E-state index >= 15 is 0 Å². The van der Waals surface area contributed by atoms with E-state index in [4.69, 9.17) is 9.40 Å². The van der Waals surface area contributed by atoms with Gasteiger partial charge in [-0.2, -0.15) is 0 Å². The van der Waals surface area contributed by atoms with E-state index in [2.05, 4.69) is 209 Å². The number of hydrogen-bond donors (Lipinski definition) is 0. The van der Waals surface area contributed by atoms with E-state index in [0.717, 1.165) is 55.8 Å². The van der Waals surface area contributed by atoms with Crippen LogP contribution in [0.4, 0.5) is 0 Å². The molecule has 4 heterocycles. The van der Waals surface area contributed by atoms with Crippen molar-refractivity contribution in [1.29, 1.82) is 0 Å². The van der Waals surface area contributed by atoms with Crippen molar-refractivity contribution >= 4 is 98.0 Å². The number of benzene rings is 10. The molecule has 0 atom stereocenters. The molecule has 14 aromatic rings. The second-order valence-corrected chi connectivity index (χ2v) is 16.3. The van der Waals surface area contributed by atoms with Crippen LogP contribution in [-0.4, -0.2) is 14.1 Å². The summed E-state index contributed by atoms with van der Waals surface area (Å²) in [6.07, 6.45) is 0. The molecule has 0 fully saturated rings. The minimum atomic E-state index is 0.901. The fraction of sp³-hybridized carbons (Fsp3) is 0. The van der Waals surface area contributed by atoms with E-state index in [-0.39, 0.29) is 0 Å². The van der Waals surface area contributed by atoms with Gasteiger partial charge >= 0.3 is 0 Å². The number of rotatable bonds is 4. The molecule has 0 saturated carbocycles. The van der Waals surface area contributed by atoms with E-state index in [9.17, 15) is 0 Å². The van der Waals surface area contributed by atoms with Crippen molar-refractivity contribution in [2.45, 2.75) is 0 Å². The number of hydrogen-bond acceptors (Lipinski definition) is 2. The van der Waals surface area contributed by atoms with Crippen LogP contribution in [0.5, 0.6) is 0 Å². The Balaban J connectivity index is 0.953. The molecular weight excluding hydrogens is 743 g/mol. The topological polar surface area (TPSA) is 35.9 Å². The molecule has 14 rings (SSSR count). The van der Waals surface area contributed by atoms with Crippen molar-refractivity contribution in [2.24, 2.45) is 0 Å². The van der Waals surface area contributed by atoms with E-state index in [0.29, 0.717) is 0 Å². The van der Waals surface area contributed by atoms with Gasteiger partial charge in [0.05, 0.1) is 33.3 Å². The van der Waals surface area contributed by atoms with Crippen LogP contribution in [0.25, 0.3) is 132 Å². The van der Waals surface area contributed by atoms with Gasteiger partial charge in [-0.3, -0.25) is 0 Å². The normalized spacial score (nSPS) is 12.3. The van der Waals surface area contributed by atoms with E-state index in [1.165, 1.54) is 75.9 Å². The first-order chi connectivity index (χ1) is 30.2. The summed E-state index contributed by atoms with van der Waals surface area (Å²) in [6, 6.07) is 72.4. The molecule has 0 bridgehead atoms. The van der Waals surface area contributed by atoms with Gasteiger partial charge in [0, 0.05) is 60.2 Å². The van der Waals surface area contributed by atoms with Crippen LogP contribution < -0.4 is 0 Å². The first-order valence-electron chi connectivity index (χ1n) is 20.9. The van der Waals surface area contributed by atoms with Crippen LogP contribution in [0.3, 0.4) is 0 Å². The lowest BCUT2D eigenvalue weighted by Crippen LogP contribution is -1.95. The van der Waals surface area contributed by atoms with Crippen molar-refractivity contribution in [3.8, 4) is 33.8 Å². The Labute approximate surface area is 349 Å². The van der Waals surface area contributed by atoms with Crippen molar-refractivity contribution in [3.05, 3.63) is 200 Å². The SMILES string of the molecule is c1ccc(-n2c3ccccc3c3cc(-c4nc5ccccc5cc4-c4ccc5cc(-n6c7ccc8cccc9oc%10cccc%11ccc6c(c%11%10)c7c89)ccc5c4)ccc32)cc1. The average molecular weight is 776 g/mol. The fourth-order valence-electron chi connectivity index (χ4n) is 10.3. The highest BCUT2D eigenvalue weighted by atomic mass is 16.3. The molecule has 0 saturated heterocycles. The lowest BCUT2D eigenvalue weighted by molar-refractivity contribution is 0.664. The second kappa shape index (κ2) is 12.2. The number of para-hydroxylation sites is 3. The van der Waals surface area contributed by atoms with Crippen molar-refractivity contribution in [2.75, 3.05) is 0 Å². The van der Waals surface area contributed by atoms with E-state index in [1.54, 1.807) is 0 Å². The predicted molar refractivity (Wildman–Crippen MR) is 255 cm³/mol. The van der Waals surface area contributed by atoms with Crippen LogP contribution in [0.15, 0.2) is 205 Å². The van der Waals surface area contributed by atoms with Gasteiger partial charge in [0.25, 0.3) is 0 Å². The molecule has 4 nitrogen and oxygen atoms in total. The highest BCUT2D eigenvalue weighted by Gasteiger charge is 2.22. The zero-order valence-electron chi connectivity index (χ0n) is 32.8. The van der Waals surface area contributed by atoms with E-state index in [1.807, 2.05) is 0 Å². The summed E-state index contributed by atoms with van der Waals surface area (Å²) in [5.74, 6) is 0. The summed E-state index contributed by atoms with van der Waals surface area (Å²) in [7, 11) is 0. The van der Waals surface area contributed by atoms with Gasteiger partial charge in [0.1, 0.15) is 11.2 Å². The second-order valence-electron chi connectivity index (χ2n) is 16.3. The summed E-state index contributed by atoms with van der Waals surface area (Å²) in [4.78, 5) is 5.39. The lowest BCUT2D eigenvalue weighted by Gasteiger charge is -2.14. The third kappa shape index (κ3) is 4.62. The third-order valence-corrected chi connectivity index (χ3v) is 13.0. The fourth-order valence-corrected chi connectivity index (χ4v) is 10.3. The van der Waals surface area contributed by atoms with E-state index < -0.39 is 0 Å². The molecule has 61 heavy (non-hydrogen) atoms. The molecule has 0 amide bonds. The molecular formula is C57H33N3O. The minimum Gasteiger partial charge on any atom is -0.456 e. The number of aromatic nitrogens is 3. The Morgan fingerprint density at radius 3 is 1.75 bits per heavy atom. The van der Waals surface area contributed by atoms with Gasteiger partial charge < -0.3 is 13.6 Å². The molecule has 4 aromatic heterocycles. The first kappa shape index (κ1) is 32.7. The molecule has 4 heteroatoms. The van der Waals surface area contributed by atoms with Crippen molar-refractivity contribution < 1.29 is 4.42 Å². The van der Waals surface area contributed by atoms with Crippen LogP contribution in [0, 0.1) is 0 Å². The smallest absolute Gasteiger partial charge is 0.135 e. The molecule has 10 aromatic carbocycles. The highest BCUT2D eigenvalue weighted by molar-refractivity contribution is 6.33. The summed E-state index contributed by atoms with van der Waals surface area (Å²) in [5, 5.41) is 13.1. The Hall–Kier alpha value is -8.21. The Kier molecular flexibility index (Phi) is 6.52. The van der Waals surface area contributed by atoms with Gasteiger partial charge in [-0.15, -0.1) is 0 Å². The Bertz CT molecular complexity index is 4010. The first-order valence-corrected chi connectivity index (χ1v) is 20.9. The van der Waals surface area contributed by atoms with Crippen LogP contribution in [0.1, 0.15) is 0 Å². The van der Waals surface area contributed by atoms with Crippen molar-refractivity contribution in [1.82, 2.24) is 14.1 Å². The number of pyridine rings is 1. The quantitative estimate of drug-likeness (QED) is 0.178. The van der Waals surface area contributed by atoms with Gasteiger partial charge in [0.15, 0.2) is 0 Å². The molecule has 0 aliphatic heterocycles. The average Bonchev–Trinajstić information content (AvgIpc) is 3.78. The Morgan fingerprint density at radius 1 is 0.344 bits per heavy atom. The number of nitrogens with zero attached hydrogens (tertiary/aromatic N) is 3. The van der Waals surface area contributed by atoms with Gasteiger partial charge in [-0.1, -0.05) is 115 Å². The molecule has 0 N–H and O–H groups in total. The maximum absolute atomic E-state index is 6.66. The largest absolute Gasteiger partial charge is 0.456 e. The monoisotopic (exact) mass is 775 g/mol. The number of fused-ring (bicyclic) bond motifs is 5.